The first kappa shape index (κ1) is 8.10. The Morgan fingerprint density at radius 3 is 3.10 bits per heavy atom. The van der Waals surface area contributed by atoms with Crippen LogP contribution in [0.1, 0.15) is 0 Å². The van der Waals surface area contributed by atoms with Gasteiger partial charge >= 0.3 is 0 Å². The number of nitrogens with two attached hydrogens (primary N) is 1. The molecule has 0 fully saturated rings. The number of nitrogens with one attached hydrogen (secondary N) is 1. The molecule has 10 heavy (non-hydrogen) atoms. The van der Waals surface area contributed by atoms with E-state index in [0.717, 1.165) is 0 Å². The van der Waals surface area contributed by atoms with Crippen molar-refractivity contribution in [1.82, 2.24) is 5.32 Å². The van der Waals surface area contributed by atoms with Gasteiger partial charge in [-0.2, -0.15) is 0 Å². The fourth-order valence-corrected chi connectivity index (χ4v) is 1.56. The maximum Gasteiger partial charge on any atom is 0.189 e. The van der Waals surface area contributed by atoms with Crippen molar-refractivity contribution < 1.29 is 4.79 Å². The molecule has 0 aromatic carbocycles. The minimum absolute atomic E-state index is 0.0421. The molecule has 0 aromatic heterocycles. The summed E-state index contributed by atoms with van der Waals surface area (Å²) in [6.07, 6.45) is 0. The Bertz CT molecular complexity index is 182. The van der Waals surface area contributed by atoms with Gasteiger partial charge in [0.2, 0.25) is 0 Å². The van der Waals surface area contributed by atoms with Gasteiger partial charge in [0.25, 0.3) is 0 Å². The Labute approximate surface area is 71.5 Å². The third-order valence-corrected chi connectivity index (χ3v) is 2.34. The number of carbonyl (C=O) groups is 1. The van der Waals surface area contributed by atoms with Gasteiger partial charge in [0.05, 0.1) is 11.0 Å². The zero-order valence-corrected chi connectivity index (χ0v) is 7.54. The molecule has 0 aliphatic carbocycles. The van der Waals surface area contributed by atoms with Gasteiger partial charge in [-0.05, 0) is 0 Å². The second kappa shape index (κ2) is 3.41. The van der Waals surface area contributed by atoms with Crippen molar-refractivity contribution in [2.75, 3.05) is 5.33 Å². The molecule has 0 amide bonds. The first-order valence-electron chi connectivity index (χ1n) is 2.71. The van der Waals surface area contributed by atoms with E-state index in [1.807, 2.05) is 0 Å². The molecule has 1 atom stereocenters. The molecule has 0 saturated carbocycles. The molecular weight excluding hydrogens is 216 g/mol. The number of halogens is 1. The lowest BCUT2D eigenvalue weighted by molar-refractivity contribution is -0.113. The van der Waals surface area contributed by atoms with Crippen molar-refractivity contribution in [1.29, 1.82) is 0 Å². The van der Waals surface area contributed by atoms with Crippen LogP contribution >= 0.6 is 27.7 Å². The molecular formula is C5H7BrN2OS. The van der Waals surface area contributed by atoms with Crippen LogP contribution in [0.3, 0.4) is 0 Å². The largest absolute Gasteiger partial charge is 0.358 e. The van der Waals surface area contributed by atoms with E-state index in [-0.39, 0.29) is 11.3 Å². The van der Waals surface area contributed by atoms with E-state index in [1.165, 1.54) is 11.8 Å². The van der Waals surface area contributed by atoms with Crippen LogP contribution in [-0.2, 0) is 4.79 Å². The van der Waals surface area contributed by atoms with Crippen molar-refractivity contribution in [2.45, 2.75) is 5.50 Å². The first-order valence-corrected chi connectivity index (χ1v) is 4.77. The molecule has 1 aliphatic heterocycles. The number of Topliss-reactive ketones (excluding diaryl/α,β-unsaturated/α-hetero) is 1. The number of allylic oxidation sites excluding steroid dienone is 1. The van der Waals surface area contributed by atoms with E-state index >= 15 is 0 Å². The average molecular weight is 223 g/mol. The van der Waals surface area contributed by atoms with Crippen molar-refractivity contribution in [3.63, 3.8) is 0 Å². The fourth-order valence-electron chi connectivity index (χ4n) is 0.581. The van der Waals surface area contributed by atoms with Crippen LogP contribution in [-0.4, -0.2) is 16.6 Å². The van der Waals surface area contributed by atoms with E-state index in [0.29, 0.717) is 11.0 Å². The van der Waals surface area contributed by atoms with Crippen LogP contribution in [0.2, 0.25) is 0 Å². The number of ketones is 1. The molecule has 1 rings (SSSR count). The molecule has 1 heterocycles. The monoisotopic (exact) mass is 222 g/mol. The van der Waals surface area contributed by atoms with Gasteiger partial charge in [-0.15, -0.1) is 0 Å². The van der Waals surface area contributed by atoms with Gasteiger partial charge in [-0.25, -0.2) is 0 Å². The summed E-state index contributed by atoms with van der Waals surface area (Å²) in [4.78, 5) is 10.9. The van der Waals surface area contributed by atoms with Crippen molar-refractivity contribution in [3.8, 4) is 0 Å². The van der Waals surface area contributed by atoms with E-state index in [9.17, 15) is 4.79 Å². The second-order valence-electron chi connectivity index (χ2n) is 1.79. The predicted molar refractivity (Wildman–Crippen MR) is 45.6 cm³/mol. The number of hydrogen-bond donors (Lipinski definition) is 2. The summed E-state index contributed by atoms with van der Waals surface area (Å²) in [7, 11) is 0. The molecule has 0 spiro atoms. The minimum Gasteiger partial charge on any atom is -0.358 e. The standard InChI is InChI=1S/C5H7BrN2OS/c6-1-4(9)3-2-10-5(7)8-3/h2,5,8H,1,7H2. The van der Waals surface area contributed by atoms with E-state index in [1.54, 1.807) is 5.41 Å². The summed E-state index contributed by atoms with van der Waals surface area (Å²) >= 11 is 4.48. The van der Waals surface area contributed by atoms with E-state index < -0.39 is 0 Å². The minimum atomic E-state index is -0.155. The number of alkyl halides is 1. The molecule has 0 radical (unpaired) electrons. The highest BCUT2D eigenvalue weighted by molar-refractivity contribution is 9.09. The fraction of sp³-hybridized carbons (Fsp3) is 0.400. The molecule has 0 aromatic rings. The van der Waals surface area contributed by atoms with Crippen LogP contribution in [0, 0.1) is 0 Å². The van der Waals surface area contributed by atoms with Crippen molar-refractivity contribution >= 4 is 33.5 Å². The molecule has 0 bridgehead atoms. The van der Waals surface area contributed by atoms with Crippen LogP contribution in [0.5, 0.6) is 0 Å². The van der Waals surface area contributed by atoms with Gasteiger partial charge in [0, 0.05) is 5.41 Å². The summed E-state index contributed by atoms with van der Waals surface area (Å²) in [5, 5.41) is 4.92. The zero-order chi connectivity index (χ0) is 7.56. The average Bonchev–Trinajstić information content (AvgIpc) is 2.34. The smallest absolute Gasteiger partial charge is 0.189 e. The number of hydrogen-bond acceptors (Lipinski definition) is 4. The number of carbonyl (C=O) groups excluding carboxylic acids is 1. The zero-order valence-electron chi connectivity index (χ0n) is 5.13. The van der Waals surface area contributed by atoms with E-state index in [2.05, 4.69) is 21.2 Å². The van der Waals surface area contributed by atoms with Gasteiger partial charge in [0.15, 0.2) is 5.78 Å². The molecule has 56 valence electrons. The Morgan fingerprint density at radius 2 is 2.70 bits per heavy atom. The van der Waals surface area contributed by atoms with Crippen LogP contribution < -0.4 is 11.1 Å². The predicted octanol–water partition coefficient (Wildman–Crippen LogP) is 0.371. The molecule has 0 saturated heterocycles. The van der Waals surface area contributed by atoms with Crippen LogP contribution in [0.4, 0.5) is 0 Å². The molecule has 3 N–H and O–H groups in total. The third-order valence-electron chi connectivity index (χ3n) is 1.05. The number of thioether (sulfide) groups is 1. The Morgan fingerprint density at radius 1 is 2.00 bits per heavy atom. The Kier molecular flexibility index (Phi) is 2.76. The Balaban J connectivity index is 2.51. The number of rotatable bonds is 2. The van der Waals surface area contributed by atoms with Crippen molar-refractivity contribution in [3.05, 3.63) is 11.1 Å². The summed E-state index contributed by atoms with van der Waals surface area (Å²) < 4.78 is 0. The highest BCUT2D eigenvalue weighted by atomic mass is 79.9. The highest BCUT2D eigenvalue weighted by Crippen LogP contribution is 2.17. The second-order valence-corrected chi connectivity index (χ2v) is 3.37. The highest BCUT2D eigenvalue weighted by Gasteiger charge is 2.16. The normalized spacial score (nSPS) is 23.8. The van der Waals surface area contributed by atoms with Gasteiger partial charge in [-0.1, -0.05) is 27.7 Å². The summed E-state index contributed by atoms with van der Waals surface area (Å²) in [6, 6.07) is 0. The Hall–Kier alpha value is 0. The molecule has 5 heteroatoms. The van der Waals surface area contributed by atoms with Crippen LogP contribution in [0.25, 0.3) is 0 Å². The quantitative estimate of drug-likeness (QED) is 0.664. The van der Waals surface area contributed by atoms with Crippen LogP contribution in [0.15, 0.2) is 11.1 Å². The molecule has 1 unspecified atom stereocenters. The maximum atomic E-state index is 10.9. The van der Waals surface area contributed by atoms with Gasteiger partial charge in [0.1, 0.15) is 5.50 Å². The molecule has 1 aliphatic rings. The summed E-state index contributed by atoms with van der Waals surface area (Å²) in [5.74, 6) is 0.0421. The van der Waals surface area contributed by atoms with Gasteiger partial charge in [-0.3, -0.25) is 4.79 Å². The SMILES string of the molecule is NC1NC(C(=O)CBr)=CS1. The summed E-state index contributed by atoms with van der Waals surface area (Å²) in [6.45, 7) is 0. The first-order chi connectivity index (χ1) is 4.74. The van der Waals surface area contributed by atoms with E-state index in [4.69, 9.17) is 5.73 Å². The van der Waals surface area contributed by atoms with Gasteiger partial charge < -0.3 is 11.1 Å². The third kappa shape index (κ3) is 1.74. The lowest BCUT2D eigenvalue weighted by atomic mass is 10.3. The topological polar surface area (TPSA) is 55.1 Å². The summed E-state index contributed by atoms with van der Waals surface area (Å²) in [5.41, 5.74) is 5.90. The lowest BCUT2D eigenvalue weighted by Crippen LogP contribution is -2.31. The lowest BCUT2D eigenvalue weighted by Gasteiger charge is -2.03. The van der Waals surface area contributed by atoms with Crippen molar-refractivity contribution in [2.24, 2.45) is 5.73 Å². The maximum absolute atomic E-state index is 10.9. The molecule has 3 nitrogen and oxygen atoms in total.